The number of aryl methyl sites for hydroxylation is 1. The van der Waals surface area contributed by atoms with Gasteiger partial charge in [0, 0.05) is 31.1 Å². The second-order valence-corrected chi connectivity index (χ2v) is 7.28. The lowest BCUT2D eigenvalue weighted by Crippen LogP contribution is -2.25. The molecule has 1 amide bonds. The number of nitrogens with zero attached hydrogens (tertiary/aromatic N) is 4. The number of non-ortho nitro benzene ring substituents is 2. The van der Waals surface area contributed by atoms with Crippen molar-refractivity contribution in [2.24, 2.45) is 0 Å². The number of nitro groups is 2. The zero-order valence-electron chi connectivity index (χ0n) is 15.7. The van der Waals surface area contributed by atoms with E-state index < -0.39 is 44.0 Å². The summed E-state index contributed by atoms with van der Waals surface area (Å²) in [5.41, 5.74) is -2.33. The summed E-state index contributed by atoms with van der Waals surface area (Å²) in [6.45, 7) is 0.0509. The largest absolute Gasteiger partial charge is 0.436 e. The van der Waals surface area contributed by atoms with Crippen molar-refractivity contribution in [3.63, 3.8) is 0 Å². The average Bonchev–Trinajstić information content (AvgIpc) is 3.46. The molecule has 10 nitrogen and oxygen atoms in total. The number of carbonyl (C=O) groups excluding carboxylic acids is 1. The average molecular weight is 462 g/mol. The van der Waals surface area contributed by atoms with Gasteiger partial charge in [-0.25, -0.2) is 0 Å². The first-order valence-electron chi connectivity index (χ1n) is 9.04. The van der Waals surface area contributed by atoms with Gasteiger partial charge >= 0.3 is 6.18 Å². The van der Waals surface area contributed by atoms with Gasteiger partial charge in [0.1, 0.15) is 0 Å². The van der Waals surface area contributed by atoms with Crippen molar-refractivity contribution in [1.82, 2.24) is 15.1 Å². The smallest absolute Gasteiger partial charge is 0.352 e. The number of alkyl halides is 3. The third kappa shape index (κ3) is 5.10. The number of benzene rings is 1. The van der Waals surface area contributed by atoms with Crippen LogP contribution in [0.4, 0.5) is 24.5 Å². The Labute approximate surface area is 177 Å². The number of nitro benzene ring substituents is 2. The summed E-state index contributed by atoms with van der Waals surface area (Å²) in [7, 11) is 0. The molecule has 1 heterocycles. The van der Waals surface area contributed by atoms with Crippen LogP contribution < -0.4 is 5.32 Å². The molecule has 2 aromatic rings. The van der Waals surface area contributed by atoms with E-state index in [-0.39, 0.29) is 31.0 Å². The predicted molar refractivity (Wildman–Crippen MR) is 101 cm³/mol. The maximum absolute atomic E-state index is 13.1. The predicted octanol–water partition coefficient (Wildman–Crippen LogP) is 4.07. The van der Waals surface area contributed by atoms with Gasteiger partial charge in [-0.1, -0.05) is 11.6 Å². The lowest BCUT2D eigenvalue weighted by atomic mass is 10.1. The van der Waals surface area contributed by atoms with Gasteiger partial charge in [-0.2, -0.15) is 18.3 Å². The van der Waals surface area contributed by atoms with Crippen LogP contribution in [0, 0.1) is 20.2 Å². The maximum atomic E-state index is 13.1. The quantitative estimate of drug-likeness (QED) is 0.358. The molecule has 1 aliphatic rings. The van der Waals surface area contributed by atoms with E-state index in [1.165, 1.54) is 4.68 Å². The Bertz CT molecular complexity index is 1020. The molecule has 31 heavy (non-hydrogen) atoms. The molecule has 0 radical (unpaired) electrons. The molecule has 1 aromatic heterocycles. The Morgan fingerprint density at radius 2 is 1.77 bits per heavy atom. The number of amides is 1. The Hall–Kier alpha value is -3.22. The highest BCUT2D eigenvalue weighted by Crippen LogP contribution is 2.46. The molecule has 0 spiro atoms. The first kappa shape index (κ1) is 22.5. The molecule has 0 saturated heterocycles. The Balaban J connectivity index is 1.66. The van der Waals surface area contributed by atoms with Crippen LogP contribution in [-0.2, 0) is 12.7 Å². The zero-order chi connectivity index (χ0) is 22.9. The van der Waals surface area contributed by atoms with Crippen molar-refractivity contribution in [2.45, 2.75) is 37.9 Å². The van der Waals surface area contributed by atoms with Crippen LogP contribution in [0.3, 0.4) is 0 Å². The van der Waals surface area contributed by atoms with E-state index in [1.54, 1.807) is 0 Å². The highest BCUT2D eigenvalue weighted by atomic mass is 35.5. The van der Waals surface area contributed by atoms with Crippen molar-refractivity contribution >= 4 is 28.9 Å². The van der Waals surface area contributed by atoms with Gasteiger partial charge in [0.25, 0.3) is 17.3 Å². The first-order valence-corrected chi connectivity index (χ1v) is 9.42. The summed E-state index contributed by atoms with van der Waals surface area (Å²) in [5, 5.41) is 27.4. The standard InChI is InChI=1S/C17H15ClF3N5O5/c18-13-14(9-2-3-9)24(23-15(13)17(19,20)21)5-1-4-22-16(27)10-6-11(25(28)29)8-12(7-10)26(30)31/h6-9H,1-5H2,(H,22,27). The summed E-state index contributed by atoms with van der Waals surface area (Å²) >= 11 is 5.89. The molecule has 1 aromatic carbocycles. The van der Waals surface area contributed by atoms with Gasteiger partial charge in [0.15, 0.2) is 5.69 Å². The number of aromatic nitrogens is 2. The summed E-state index contributed by atoms with van der Waals surface area (Å²) in [6, 6.07) is 2.53. The SMILES string of the molecule is O=C(NCCCn1nc(C(F)(F)F)c(Cl)c1C1CC1)c1cc([N+](=O)[O-])cc([N+](=O)[O-])c1. The molecule has 0 atom stereocenters. The van der Waals surface area contributed by atoms with E-state index in [4.69, 9.17) is 11.6 Å². The van der Waals surface area contributed by atoms with E-state index in [9.17, 15) is 38.2 Å². The Morgan fingerprint density at radius 1 is 1.19 bits per heavy atom. The molecule has 0 unspecified atom stereocenters. The lowest BCUT2D eigenvalue weighted by molar-refractivity contribution is -0.394. The maximum Gasteiger partial charge on any atom is 0.436 e. The van der Waals surface area contributed by atoms with Gasteiger partial charge < -0.3 is 5.32 Å². The summed E-state index contributed by atoms with van der Waals surface area (Å²) in [5.74, 6) is -0.875. The molecule has 166 valence electrons. The molecule has 3 rings (SSSR count). The molecule has 14 heteroatoms. The molecule has 1 saturated carbocycles. The number of nitrogens with one attached hydrogen (secondary N) is 1. The fourth-order valence-electron chi connectivity index (χ4n) is 3.02. The normalized spacial score (nSPS) is 13.8. The van der Waals surface area contributed by atoms with E-state index in [0.29, 0.717) is 18.5 Å². The van der Waals surface area contributed by atoms with Gasteiger partial charge in [-0.15, -0.1) is 0 Å². The highest BCUT2D eigenvalue weighted by molar-refractivity contribution is 6.32. The number of carbonyl (C=O) groups is 1. The third-order valence-corrected chi connectivity index (χ3v) is 4.96. The Kier molecular flexibility index (Phi) is 6.15. The van der Waals surface area contributed by atoms with Crippen molar-refractivity contribution in [3.8, 4) is 0 Å². The van der Waals surface area contributed by atoms with Crippen molar-refractivity contribution in [1.29, 1.82) is 0 Å². The minimum Gasteiger partial charge on any atom is -0.352 e. The number of hydrogen-bond donors (Lipinski definition) is 1. The Morgan fingerprint density at radius 3 is 2.26 bits per heavy atom. The van der Waals surface area contributed by atoms with Gasteiger partial charge in [0.05, 0.1) is 32.2 Å². The lowest BCUT2D eigenvalue weighted by Gasteiger charge is -2.08. The van der Waals surface area contributed by atoms with Gasteiger partial charge in [-0.3, -0.25) is 29.7 Å². The van der Waals surface area contributed by atoms with Gasteiger partial charge in [-0.05, 0) is 19.3 Å². The van der Waals surface area contributed by atoms with E-state index in [0.717, 1.165) is 18.2 Å². The van der Waals surface area contributed by atoms with Crippen LogP contribution in [-0.4, -0.2) is 32.1 Å². The molecule has 1 fully saturated rings. The number of hydrogen-bond acceptors (Lipinski definition) is 6. The second kappa shape index (κ2) is 8.49. The van der Waals surface area contributed by atoms with Gasteiger partial charge in [0.2, 0.25) is 0 Å². The fourth-order valence-corrected chi connectivity index (χ4v) is 3.42. The van der Waals surface area contributed by atoms with Crippen LogP contribution in [0.5, 0.6) is 0 Å². The van der Waals surface area contributed by atoms with Crippen molar-refractivity contribution in [3.05, 3.63) is 60.4 Å². The summed E-state index contributed by atoms with van der Waals surface area (Å²) < 4.78 is 40.4. The highest BCUT2D eigenvalue weighted by Gasteiger charge is 2.41. The summed E-state index contributed by atoms with van der Waals surface area (Å²) in [4.78, 5) is 32.3. The second-order valence-electron chi connectivity index (χ2n) is 6.90. The third-order valence-electron chi connectivity index (χ3n) is 4.58. The topological polar surface area (TPSA) is 133 Å². The molecule has 0 aliphatic heterocycles. The molecule has 1 aliphatic carbocycles. The van der Waals surface area contributed by atoms with Crippen molar-refractivity contribution < 1.29 is 27.8 Å². The minimum absolute atomic E-state index is 0.00173. The van der Waals surface area contributed by atoms with Crippen LogP contribution in [0.15, 0.2) is 18.2 Å². The van der Waals surface area contributed by atoms with E-state index >= 15 is 0 Å². The van der Waals surface area contributed by atoms with Crippen LogP contribution in [0.25, 0.3) is 0 Å². The zero-order valence-corrected chi connectivity index (χ0v) is 16.4. The van der Waals surface area contributed by atoms with E-state index in [1.807, 2.05) is 0 Å². The number of halogens is 4. The van der Waals surface area contributed by atoms with Crippen LogP contribution in [0.1, 0.15) is 46.9 Å². The molecule has 0 bridgehead atoms. The first-order chi connectivity index (χ1) is 14.5. The van der Waals surface area contributed by atoms with Crippen LogP contribution in [0.2, 0.25) is 5.02 Å². The van der Waals surface area contributed by atoms with E-state index in [2.05, 4.69) is 10.4 Å². The number of rotatable bonds is 8. The molecule has 1 N–H and O–H groups in total. The summed E-state index contributed by atoms with van der Waals surface area (Å²) in [6.07, 6.45) is -3.06. The molecular formula is C17H15ClF3N5O5. The van der Waals surface area contributed by atoms with Crippen LogP contribution >= 0.6 is 11.6 Å². The van der Waals surface area contributed by atoms with Crippen molar-refractivity contribution in [2.75, 3.05) is 6.54 Å². The minimum atomic E-state index is -4.68. The molecular weight excluding hydrogens is 447 g/mol. The fraction of sp³-hybridized carbons (Fsp3) is 0.412. The monoisotopic (exact) mass is 461 g/mol.